The molecule has 1 saturated carbocycles. The van der Waals surface area contributed by atoms with E-state index in [0.717, 1.165) is 63.3 Å². The van der Waals surface area contributed by atoms with Crippen LogP contribution in [0.5, 0.6) is 5.75 Å². The summed E-state index contributed by atoms with van der Waals surface area (Å²) in [7, 11) is 1.67. The van der Waals surface area contributed by atoms with Crippen LogP contribution in [0.2, 0.25) is 0 Å². The van der Waals surface area contributed by atoms with Crippen LogP contribution in [-0.4, -0.2) is 79.4 Å². The van der Waals surface area contributed by atoms with Gasteiger partial charge in [0.25, 0.3) is 0 Å². The van der Waals surface area contributed by atoms with Gasteiger partial charge in [-0.1, -0.05) is 43.7 Å². The number of carbonyl (C=O) groups is 2. The molecule has 0 unspecified atom stereocenters. The van der Waals surface area contributed by atoms with Crippen molar-refractivity contribution in [2.75, 3.05) is 52.9 Å². The number of ether oxygens (including phenoxy) is 1. The number of hydrogen-bond acceptors (Lipinski definition) is 4. The minimum absolute atomic E-state index is 0.200. The van der Waals surface area contributed by atoms with Gasteiger partial charge >= 0.3 is 0 Å². The molecule has 0 bridgehead atoms. The van der Waals surface area contributed by atoms with Crippen LogP contribution in [-0.2, 0) is 9.59 Å². The van der Waals surface area contributed by atoms with Gasteiger partial charge in [0.05, 0.1) is 7.11 Å². The Morgan fingerprint density at radius 3 is 2.55 bits per heavy atom. The first kappa shape index (κ1) is 23.3. The third-order valence-electron chi connectivity index (χ3n) is 6.40. The summed E-state index contributed by atoms with van der Waals surface area (Å²) in [5.41, 5.74) is 1.01. The van der Waals surface area contributed by atoms with Gasteiger partial charge < -0.3 is 14.5 Å². The smallest absolute Gasteiger partial charge is 0.225 e. The number of para-hydroxylation sites is 1. The van der Waals surface area contributed by atoms with Crippen LogP contribution in [0.15, 0.2) is 30.3 Å². The average Bonchev–Trinajstić information content (AvgIpc) is 2.75. The van der Waals surface area contributed by atoms with Gasteiger partial charge in [0, 0.05) is 63.7 Å². The summed E-state index contributed by atoms with van der Waals surface area (Å²) in [4.78, 5) is 31.4. The summed E-state index contributed by atoms with van der Waals surface area (Å²) in [6, 6.07) is 7.89. The summed E-state index contributed by atoms with van der Waals surface area (Å²) < 4.78 is 5.40. The largest absolute Gasteiger partial charge is 0.496 e. The summed E-state index contributed by atoms with van der Waals surface area (Å²) in [5, 5.41) is 0. The number of amides is 2. The lowest BCUT2D eigenvalue weighted by molar-refractivity contribution is -0.139. The Bertz CT molecular complexity index is 752. The van der Waals surface area contributed by atoms with Gasteiger partial charge in [-0.25, -0.2) is 0 Å². The molecule has 6 nitrogen and oxygen atoms in total. The van der Waals surface area contributed by atoms with E-state index in [0.29, 0.717) is 25.4 Å². The minimum atomic E-state index is 0.200. The highest BCUT2D eigenvalue weighted by Crippen LogP contribution is 2.28. The van der Waals surface area contributed by atoms with Crippen molar-refractivity contribution in [3.05, 3.63) is 35.9 Å². The van der Waals surface area contributed by atoms with E-state index in [1.807, 2.05) is 53.1 Å². The van der Waals surface area contributed by atoms with Crippen LogP contribution >= 0.6 is 0 Å². The van der Waals surface area contributed by atoms with Gasteiger partial charge in [0.1, 0.15) is 5.75 Å². The number of methoxy groups -OCH3 is 1. The molecular formula is C25H37N3O3. The van der Waals surface area contributed by atoms with Gasteiger partial charge in [0.2, 0.25) is 11.8 Å². The molecule has 0 N–H and O–H groups in total. The number of rotatable bonds is 10. The standard InChI is InChI=1S/C25H37N3O3/c1-3-8-24(29)27(14-7-12-21-9-4-5-13-23(21)31-2)18-15-26-16-19-28(20-17-26)25(30)22-10-6-11-22/h4-5,7,9,12-13,22H,3,6,8,10-11,14-20H2,1-2H3/b12-7+. The van der Waals surface area contributed by atoms with Gasteiger partial charge in [-0.2, -0.15) is 0 Å². The average molecular weight is 428 g/mol. The first-order valence-corrected chi connectivity index (χ1v) is 11.7. The van der Waals surface area contributed by atoms with Crippen molar-refractivity contribution < 1.29 is 14.3 Å². The number of carbonyl (C=O) groups excluding carboxylic acids is 2. The Morgan fingerprint density at radius 1 is 1.16 bits per heavy atom. The lowest BCUT2D eigenvalue weighted by atomic mass is 9.84. The molecule has 2 fully saturated rings. The molecule has 0 spiro atoms. The molecule has 0 aromatic heterocycles. The molecule has 1 aliphatic heterocycles. The first-order valence-electron chi connectivity index (χ1n) is 11.7. The topological polar surface area (TPSA) is 53.1 Å². The molecule has 0 radical (unpaired) electrons. The zero-order valence-electron chi connectivity index (χ0n) is 19.1. The molecule has 1 aromatic carbocycles. The lowest BCUT2D eigenvalue weighted by Gasteiger charge is -2.38. The molecule has 3 rings (SSSR count). The van der Waals surface area contributed by atoms with Crippen LogP contribution in [0.3, 0.4) is 0 Å². The molecule has 2 amide bonds. The maximum absolute atomic E-state index is 12.6. The predicted molar refractivity (Wildman–Crippen MR) is 124 cm³/mol. The van der Waals surface area contributed by atoms with E-state index in [2.05, 4.69) is 4.90 Å². The molecular weight excluding hydrogens is 390 g/mol. The Hall–Kier alpha value is -2.34. The Kier molecular flexibility index (Phi) is 8.95. The van der Waals surface area contributed by atoms with Gasteiger partial charge in [-0.3, -0.25) is 14.5 Å². The Balaban J connectivity index is 1.48. The van der Waals surface area contributed by atoms with Gasteiger partial charge in [-0.05, 0) is 25.3 Å². The fraction of sp³-hybridized carbons (Fsp3) is 0.600. The van der Waals surface area contributed by atoms with Crippen molar-refractivity contribution in [1.29, 1.82) is 0 Å². The van der Waals surface area contributed by atoms with E-state index in [1.165, 1.54) is 6.42 Å². The van der Waals surface area contributed by atoms with Gasteiger partial charge in [0.15, 0.2) is 0 Å². The van der Waals surface area contributed by atoms with E-state index in [4.69, 9.17) is 4.74 Å². The molecule has 0 atom stereocenters. The second-order valence-corrected chi connectivity index (χ2v) is 8.53. The van der Waals surface area contributed by atoms with Gasteiger partial charge in [-0.15, -0.1) is 0 Å². The normalized spacial score (nSPS) is 17.5. The van der Waals surface area contributed by atoms with Crippen molar-refractivity contribution in [2.45, 2.75) is 39.0 Å². The van der Waals surface area contributed by atoms with Crippen molar-refractivity contribution in [3.63, 3.8) is 0 Å². The zero-order valence-corrected chi connectivity index (χ0v) is 19.1. The van der Waals surface area contributed by atoms with E-state index in [1.54, 1.807) is 7.11 Å². The monoisotopic (exact) mass is 427 g/mol. The lowest BCUT2D eigenvalue weighted by Crippen LogP contribution is -2.52. The number of hydrogen-bond donors (Lipinski definition) is 0. The SMILES string of the molecule is CCCC(=O)N(C/C=C/c1ccccc1OC)CCN1CCN(C(=O)C2CCC2)CC1. The third kappa shape index (κ3) is 6.57. The van der Waals surface area contributed by atoms with E-state index in [9.17, 15) is 9.59 Å². The second kappa shape index (κ2) is 11.9. The Morgan fingerprint density at radius 2 is 1.90 bits per heavy atom. The molecule has 1 saturated heterocycles. The highest BCUT2D eigenvalue weighted by molar-refractivity contribution is 5.79. The van der Waals surface area contributed by atoms with E-state index < -0.39 is 0 Å². The highest BCUT2D eigenvalue weighted by Gasteiger charge is 2.31. The van der Waals surface area contributed by atoms with E-state index in [-0.39, 0.29) is 11.8 Å². The number of benzene rings is 1. The maximum atomic E-state index is 12.6. The molecule has 1 heterocycles. The molecule has 1 aliphatic carbocycles. The van der Waals surface area contributed by atoms with Crippen LogP contribution in [0.25, 0.3) is 6.08 Å². The number of nitrogens with zero attached hydrogens (tertiary/aromatic N) is 3. The summed E-state index contributed by atoms with van der Waals surface area (Å²) >= 11 is 0. The van der Waals surface area contributed by atoms with Crippen molar-refractivity contribution >= 4 is 17.9 Å². The molecule has 170 valence electrons. The van der Waals surface area contributed by atoms with Crippen molar-refractivity contribution in [1.82, 2.24) is 14.7 Å². The Labute approximate surface area is 186 Å². The summed E-state index contributed by atoms with van der Waals surface area (Å²) in [6.07, 6.45) is 8.82. The fourth-order valence-corrected chi connectivity index (χ4v) is 4.17. The van der Waals surface area contributed by atoms with Crippen molar-refractivity contribution in [3.8, 4) is 5.75 Å². The summed E-state index contributed by atoms with van der Waals surface area (Å²) in [5.74, 6) is 1.67. The second-order valence-electron chi connectivity index (χ2n) is 8.53. The van der Waals surface area contributed by atoms with E-state index >= 15 is 0 Å². The maximum Gasteiger partial charge on any atom is 0.225 e. The quantitative estimate of drug-likeness (QED) is 0.575. The number of piperazine rings is 1. The molecule has 6 heteroatoms. The summed E-state index contributed by atoms with van der Waals surface area (Å²) in [6.45, 7) is 7.61. The minimum Gasteiger partial charge on any atom is -0.496 e. The van der Waals surface area contributed by atoms with Crippen LogP contribution in [0.1, 0.15) is 44.6 Å². The zero-order chi connectivity index (χ0) is 22.1. The highest BCUT2D eigenvalue weighted by atomic mass is 16.5. The molecule has 2 aliphatic rings. The van der Waals surface area contributed by atoms with Crippen LogP contribution in [0, 0.1) is 5.92 Å². The first-order chi connectivity index (χ1) is 15.1. The van der Waals surface area contributed by atoms with Crippen LogP contribution in [0.4, 0.5) is 0 Å². The van der Waals surface area contributed by atoms with Crippen LogP contribution < -0.4 is 4.74 Å². The third-order valence-corrected chi connectivity index (χ3v) is 6.40. The fourth-order valence-electron chi connectivity index (χ4n) is 4.17. The molecule has 31 heavy (non-hydrogen) atoms. The van der Waals surface area contributed by atoms with Crippen molar-refractivity contribution in [2.24, 2.45) is 5.92 Å². The molecule has 1 aromatic rings. The predicted octanol–water partition coefficient (Wildman–Crippen LogP) is 3.28.